The van der Waals surface area contributed by atoms with E-state index in [0.717, 1.165) is 22.3 Å². The lowest BCUT2D eigenvalue weighted by molar-refractivity contribution is -0.151. The number of carboxylic acids is 1. The Kier molecular flexibility index (Phi) is 8.27. The monoisotopic (exact) mass is 479 g/mol. The average Bonchev–Trinajstić information content (AvgIpc) is 3.36. The highest BCUT2D eigenvalue weighted by molar-refractivity contribution is 6.08. The summed E-state index contributed by atoms with van der Waals surface area (Å²) in [6.45, 7) is 2.80. The first-order valence-corrected chi connectivity index (χ1v) is 11.9. The first-order chi connectivity index (χ1) is 17.5. The van der Waals surface area contributed by atoms with Crippen LogP contribution >= 0.6 is 0 Å². The molecule has 0 bridgehead atoms. The molecule has 4 rings (SSSR count). The Hall–Kier alpha value is -4.22. The van der Waals surface area contributed by atoms with Gasteiger partial charge in [-0.15, -0.1) is 0 Å². The highest BCUT2D eigenvalue weighted by Gasteiger charge is 2.18. The number of ketones is 1. The summed E-state index contributed by atoms with van der Waals surface area (Å²) in [5.41, 5.74) is 5.29. The van der Waals surface area contributed by atoms with Gasteiger partial charge in [-0.3, -0.25) is 4.79 Å². The second-order valence-electron chi connectivity index (χ2n) is 8.71. The van der Waals surface area contributed by atoms with Gasteiger partial charge in [-0.2, -0.15) is 0 Å². The summed E-state index contributed by atoms with van der Waals surface area (Å²) in [7, 11) is 0. The number of aromatic nitrogens is 1. The fraction of sp³-hybridized carbons (Fsp3) is 0.161. The molecule has 182 valence electrons. The van der Waals surface area contributed by atoms with Crippen LogP contribution in [0.1, 0.15) is 38.3 Å². The molecule has 0 unspecified atom stereocenters. The van der Waals surface area contributed by atoms with Crippen LogP contribution in [-0.4, -0.2) is 27.5 Å². The summed E-state index contributed by atoms with van der Waals surface area (Å²) in [5, 5.41) is 9.50. The zero-order chi connectivity index (χ0) is 25.3. The molecule has 0 radical (unpaired) electrons. The highest BCUT2D eigenvalue weighted by atomic mass is 16.5. The summed E-state index contributed by atoms with van der Waals surface area (Å²) in [6.07, 6.45) is 5.34. The minimum atomic E-state index is -0.969. The number of ether oxygens (including phenoxy) is 1. The van der Waals surface area contributed by atoms with Crippen molar-refractivity contribution >= 4 is 17.8 Å². The van der Waals surface area contributed by atoms with Crippen molar-refractivity contribution in [2.75, 3.05) is 0 Å². The number of hydrogen-bond donors (Lipinski definition) is 1. The van der Waals surface area contributed by atoms with Crippen LogP contribution in [0.2, 0.25) is 0 Å². The van der Waals surface area contributed by atoms with Gasteiger partial charge < -0.3 is 14.4 Å². The topological polar surface area (TPSA) is 68.5 Å². The van der Waals surface area contributed by atoms with Crippen LogP contribution in [0.15, 0.2) is 103 Å². The summed E-state index contributed by atoms with van der Waals surface area (Å²) < 4.78 is 7.62. The second-order valence-corrected chi connectivity index (χ2v) is 8.71. The number of carbonyl (C=O) groups excluding carboxylic acids is 1. The minimum Gasteiger partial charge on any atom is -0.479 e. The number of allylic oxidation sites excluding steroid dienone is 1. The molecule has 1 aromatic heterocycles. The van der Waals surface area contributed by atoms with Gasteiger partial charge in [0.15, 0.2) is 6.10 Å². The van der Waals surface area contributed by atoms with E-state index in [-0.39, 0.29) is 12.4 Å². The predicted octanol–water partition coefficient (Wildman–Crippen LogP) is 5.95. The maximum atomic E-state index is 12.9. The van der Waals surface area contributed by atoms with E-state index >= 15 is 0 Å². The van der Waals surface area contributed by atoms with E-state index in [9.17, 15) is 14.7 Å². The average molecular weight is 480 g/mol. The molecule has 1 heterocycles. The van der Waals surface area contributed by atoms with E-state index in [0.29, 0.717) is 24.2 Å². The highest BCUT2D eigenvalue weighted by Crippen LogP contribution is 2.14. The standard InChI is InChI=1S/C31H29NO4/c1-23-11-17-27(18-12-23)30(33)28-10-6-20-32(28)19-5-9-24-13-15-26(16-14-24)22-36-29(31(34)35)21-25-7-3-2-4-8-25/h2-18,20,29H,19,21-22H2,1H3,(H,34,35)/b9-5+/t29-/m0/s1. The van der Waals surface area contributed by atoms with E-state index in [4.69, 9.17) is 4.74 Å². The maximum Gasteiger partial charge on any atom is 0.333 e. The molecule has 1 atom stereocenters. The SMILES string of the molecule is Cc1ccc(C(=O)c2cccn2C/C=C/c2ccc(CO[C@@H](Cc3ccccc3)C(=O)O)cc2)cc1. The van der Waals surface area contributed by atoms with Gasteiger partial charge in [0.2, 0.25) is 5.78 Å². The molecule has 0 aliphatic heterocycles. The van der Waals surface area contributed by atoms with Crippen LogP contribution in [0.5, 0.6) is 0 Å². The molecule has 5 nitrogen and oxygen atoms in total. The molecule has 0 fully saturated rings. The van der Waals surface area contributed by atoms with Gasteiger partial charge in [0.1, 0.15) is 0 Å². The minimum absolute atomic E-state index is 0.00434. The fourth-order valence-corrected chi connectivity index (χ4v) is 3.90. The summed E-state index contributed by atoms with van der Waals surface area (Å²) >= 11 is 0. The molecule has 0 aliphatic carbocycles. The number of nitrogens with zero attached hydrogens (tertiary/aromatic N) is 1. The number of carboxylic acid groups (broad SMARTS) is 1. The van der Waals surface area contributed by atoms with Crippen LogP contribution in [0.4, 0.5) is 0 Å². The number of rotatable bonds is 11. The lowest BCUT2D eigenvalue weighted by Gasteiger charge is -2.14. The Morgan fingerprint density at radius 2 is 1.61 bits per heavy atom. The van der Waals surface area contributed by atoms with Crippen molar-refractivity contribution in [3.63, 3.8) is 0 Å². The Balaban J connectivity index is 1.32. The fourth-order valence-electron chi connectivity index (χ4n) is 3.90. The molecular formula is C31H29NO4. The van der Waals surface area contributed by atoms with Gasteiger partial charge in [0.05, 0.1) is 12.3 Å². The third-order valence-electron chi connectivity index (χ3n) is 5.96. The molecule has 4 aromatic rings. The Morgan fingerprint density at radius 1 is 0.889 bits per heavy atom. The van der Waals surface area contributed by atoms with Crippen molar-refractivity contribution in [1.82, 2.24) is 4.57 Å². The normalized spacial score (nSPS) is 12.0. The third-order valence-corrected chi connectivity index (χ3v) is 5.96. The first kappa shape index (κ1) is 24.9. The summed E-state index contributed by atoms with van der Waals surface area (Å²) in [4.78, 5) is 24.5. The Bertz CT molecular complexity index is 1320. The van der Waals surface area contributed by atoms with Crippen molar-refractivity contribution in [2.45, 2.75) is 32.6 Å². The van der Waals surface area contributed by atoms with E-state index in [1.807, 2.05) is 121 Å². The Morgan fingerprint density at radius 3 is 2.31 bits per heavy atom. The van der Waals surface area contributed by atoms with Gasteiger partial charge in [-0.1, -0.05) is 96.6 Å². The first-order valence-electron chi connectivity index (χ1n) is 11.9. The molecule has 0 amide bonds. The quantitative estimate of drug-likeness (QED) is 0.270. The van der Waals surface area contributed by atoms with Gasteiger partial charge in [0.25, 0.3) is 0 Å². The van der Waals surface area contributed by atoms with Crippen molar-refractivity contribution < 1.29 is 19.4 Å². The molecule has 0 saturated carbocycles. The molecular weight excluding hydrogens is 450 g/mol. The zero-order valence-corrected chi connectivity index (χ0v) is 20.2. The lowest BCUT2D eigenvalue weighted by atomic mass is 10.1. The predicted molar refractivity (Wildman–Crippen MR) is 141 cm³/mol. The smallest absolute Gasteiger partial charge is 0.333 e. The number of aryl methyl sites for hydroxylation is 1. The summed E-state index contributed by atoms with van der Waals surface area (Å²) in [6, 6.07) is 28.6. The van der Waals surface area contributed by atoms with Gasteiger partial charge in [0, 0.05) is 24.7 Å². The van der Waals surface area contributed by atoms with Crippen molar-refractivity contribution in [2.24, 2.45) is 0 Å². The van der Waals surface area contributed by atoms with Crippen LogP contribution in [0, 0.1) is 6.92 Å². The van der Waals surface area contributed by atoms with E-state index in [1.165, 1.54) is 0 Å². The second kappa shape index (κ2) is 12.0. The number of carbonyl (C=O) groups is 2. The molecule has 36 heavy (non-hydrogen) atoms. The van der Waals surface area contributed by atoms with Gasteiger partial charge in [-0.05, 0) is 35.7 Å². The van der Waals surface area contributed by atoms with Crippen molar-refractivity contribution in [3.8, 4) is 0 Å². The van der Waals surface area contributed by atoms with Crippen molar-refractivity contribution in [3.05, 3.63) is 137 Å². The molecule has 0 aliphatic rings. The molecule has 0 spiro atoms. The molecule has 1 N–H and O–H groups in total. The number of hydrogen-bond acceptors (Lipinski definition) is 3. The van der Waals surface area contributed by atoms with Crippen LogP contribution in [-0.2, 0) is 29.1 Å². The van der Waals surface area contributed by atoms with Crippen molar-refractivity contribution in [1.29, 1.82) is 0 Å². The lowest BCUT2D eigenvalue weighted by Crippen LogP contribution is -2.26. The molecule has 3 aromatic carbocycles. The number of aliphatic carboxylic acids is 1. The van der Waals surface area contributed by atoms with Gasteiger partial charge in [-0.25, -0.2) is 4.79 Å². The third kappa shape index (κ3) is 6.68. The van der Waals surface area contributed by atoms with Crippen LogP contribution in [0.25, 0.3) is 6.08 Å². The zero-order valence-electron chi connectivity index (χ0n) is 20.2. The van der Waals surface area contributed by atoms with E-state index in [1.54, 1.807) is 0 Å². The molecule has 0 saturated heterocycles. The Labute approximate surface area is 211 Å². The number of benzene rings is 3. The van der Waals surface area contributed by atoms with E-state index in [2.05, 4.69) is 0 Å². The molecule has 5 heteroatoms. The van der Waals surface area contributed by atoms with Crippen LogP contribution in [0.3, 0.4) is 0 Å². The van der Waals surface area contributed by atoms with Gasteiger partial charge >= 0.3 is 5.97 Å². The van der Waals surface area contributed by atoms with Crippen LogP contribution < -0.4 is 0 Å². The summed E-state index contributed by atoms with van der Waals surface area (Å²) in [5.74, 6) is -0.965. The maximum absolute atomic E-state index is 12.9. The van der Waals surface area contributed by atoms with E-state index < -0.39 is 12.1 Å². The largest absolute Gasteiger partial charge is 0.479 e.